The number of thiophene rings is 1. The highest BCUT2D eigenvalue weighted by Crippen LogP contribution is 2.18. The van der Waals surface area contributed by atoms with Gasteiger partial charge in [-0.3, -0.25) is 0 Å². The van der Waals surface area contributed by atoms with Gasteiger partial charge in [-0.05, 0) is 36.1 Å². The Morgan fingerprint density at radius 1 is 1.28 bits per heavy atom. The van der Waals surface area contributed by atoms with Crippen molar-refractivity contribution in [2.24, 2.45) is 0 Å². The van der Waals surface area contributed by atoms with Crippen molar-refractivity contribution in [1.82, 2.24) is 5.32 Å². The molecule has 0 aliphatic carbocycles. The Morgan fingerprint density at radius 3 is 2.61 bits per heavy atom. The van der Waals surface area contributed by atoms with Crippen molar-refractivity contribution < 1.29 is 9.50 Å². The standard InChI is InChI=1S/C14H16FNOS/c1-10(16-9-13-3-2-8-18-13)14(17)11-4-6-12(15)7-5-11/h2-8,10,14,16-17H,9H2,1H3. The number of benzene rings is 1. The largest absolute Gasteiger partial charge is 0.387 e. The zero-order valence-electron chi connectivity index (χ0n) is 10.1. The fraction of sp³-hybridized carbons (Fsp3) is 0.286. The number of hydrogen-bond donors (Lipinski definition) is 2. The topological polar surface area (TPSA) is 32.3 Å². The van der Waals surface area contributed by atoms with Crippen LogP contribution in [0.1, 0.15) is 23.5 Å². The highest BCUT2D eigenvalue weighted by Gasteiger charge is 2.15. The molecular formula is C14H16FNOS. The first kappa shape index (κ1) is 13.2. The number of aliphatic hydroxyl groups excluding tert-OH is 1. The van der Waals surface area contributed by atoms with Gasteiger partial charge in [0.1, 0.15) is 5.82 Å². The van der Waals surface area contributed by atoms with Crippen LogP contribution in [-0.2, 0) is 6.54 Å². The molecule has 2 unspecified atom stereocenters. The number of rotatable bonds is 5. The van der Waals surface area contributed by atoms with E-state index in [1.54, 1.807) is 23.5 Å². The summed E-state index contributed by atoms with van der Waals surface area (Å²) in [5, 5.41) is 15.4. The third kappa shape index (κ3) is 3.38. The van der Waals surface area contributed by atoms with Crippen LogP contribution in [0.2, 0.25) is 0 Å². The molecule has 2 aromatic rings. The van der Waals surface area contributed by atoms with Crippen molar-refractivity contribution in [1.29, 1.82) is 0 Å². The Kier molecular flexibility index (Phi) is 4.47. The first-order valence-electron chi connectivity index (χ1n) is 5.86. The molecule has 2 N–H and O–H groups in total. The summed E-state index contributed by atoms with van der Waals surface area (Å²) in [4.78, 5) is 1.23. The molecule has 0 radical (unpaired) electrons. The molecule has 18 heavy (non-hydrogen) atoms. The fourth-order valence-corrected chi connectivity index (χ4v) is 2.39. The summed E-state index contributed by atoms with van der Waals surface area (Å²) in [6.07, 6.45) is -0.634. The Balaban J connectivity index is 1.91. The smallest absolute Gasteiger partial charge is 0.123 e. The molecule has 0 aliphatic heterocycles. The number of hydrogen-bond acceptors (Lipinski definition) is 3. The lowest BCUT2D eigenvalue weighted by Gasteiger charge is -2.20. The quantitative estimate of drug-likeness (QED) is 0.870. The highest BCUT2D eigenvalue weighted by molar-refractivity contribution is 7.09. The maximum Gasteiger partial charge on any atom is 0.123 e. The first-order chi connectivity index (χ1) is 8.66. The van der Waals surface area contributed by atoms with Crippen LogP contribution in [0.3, 0.4) is 0 Å². The van der Waals surface area contributed by atoms with E-state index in [-0.39, 0.29) is 11.9 Å². The van der Waals surface area contributed by atoms with Gasteiger partial charge in [-0.1, -0.05) is 18.2 Å². The normalized spacial score (nSPS) is 14.4. The van der Waals surface area contributed by atoms with E-state index >= 15 is 0 Å². The van der Waals surface area contributed by atoms with Gasteiger partial charge in [-0.2, -0.15) is 0 Å². The number of halogens is 1. The summed E-state index contributed by atoms with van der Waals surface area (Å²) < 4.78 is 12.8. The third-order valence-corrected chi connectivity index (χ3v) is 3.74. The average molecular weight is 265 g/mol. The minimum absolute atomic E-state index is 0.0856. The molecule has 0 bridgehead atoms. The summed E-state index contributed by atoms with van der Waals surface area (Å²) in [6.45, 7) is 2.65. The molecule has 1 aromatic heterocycles. The van der Waals surface area contributed by atoms with Crippen LogP contribution < -0.4 is 5.32 Å². The van der Waals surface area contributed by atoms with Gasteiger partial charge in [0.05, 0.1) is 6.10 Å². The summed E-state index contributed by atoms with van der Waals surface area (Å²) in [5.74, 6) is -0.287. The monoisotopic (exact) mass is 265 g/mol. The van der Waals surface area contributed by atoms with Crippen LogP contribution in [0.25, 0.3) is 0 Å². The molecule has 1 aromatic carbocycles. The van der Waals surface area contributed by atoms with Crippen LogP contribution in [0, 0.1) is 5.82 Å². The molecule has 0 amide bonds. The van der Waals surface area contributed by atoms with Gasteiger partial charge >= 0.3 is 0 Å². The van der Waals surface area contributed by atoms with E-state index < -0.39 is 6.10 Å². The molecule has 0 spiro atoms. The predicted molar refractivity (Wildman–Crippen MR) is 72.0 cm³/mol. The lowest BCUT2D eigenvalue weighted by molar-refractivity contribution is 0.135. The summed E-state index contributed by atoms with van der Waals surface area (Å²) >= 11 is 1.68. The second-order valence-corrected chi connectivity index (χ2v) is 5.28. The Morgan fingerprint density at radius 2 is 2.00 bits per heavy atom. The van der Waals surface area contributed by atoms with Crippen molar-refractivity contribution in [3.8, 4) is 0 Å². The van der Waals surface area contributed by atoms with E-state index in [2.05, 4.69) is 11.4 Å². The number of aliphatic hydroxyl groups is 1. The molecule has 2 atom stereocenters. The predicted octanol–water partition coefficient (Wildman–Crippen LogP) is 3.10. The van der Waals surface area contributed by atoms with Gasteiger partial charge in [0, 0.05) is 17.5 Å². The highest BCUT2D eigenvalue weighted by atomic mass is 32.1. The SMILES string of the molecule is CC(NCc1cccs1)C(O)c1ccc(F)cc1. The maximum absolute atomic E-state index is 12.8. The minimum atomic E-state index is -0.634. The van der Waals surface area contributed by atoms with Crippen LogP contribution in [0.5, 0.6) is 0 Å². The maximum atomic E-state index is 12.8. The van der Waals surface area contributed by atoms with Gasteiger partial charge in [0.2, 0.25) is 0 Å². The molecule has 4 heteroatoms. The lowest BCUT2D eigenvalue weighted by Crippen LogP contribution is -2.31. The van der Waals surface area contributed by atoms with E-state index in [1.807, 2.05) is 18.4 Å². The van der Waals surface area contributed by atoms with Crippen molar-refractivity contribution in [2.45, 2.75) is 25.6 Å². The van der Waals surface area contributed by atoms with E-state index in [0.717, 1.165) is 12.1 Å². The Labute approximate surface area is 110 Å². The van der Waals surface area contributed by atoms with E-state index in [4.69, 9.17) is 0 Å². The number of nitrogens with one attached hydrogen (secondary N) is 1. The summed E-state index contributed by atoms with van der Waals surface area (Å²) in [7, 11) is 0. The Bertz CT molecular complexity index is 469. The molecule has 0 saturated heterocycles. The van der Waals surface area contributed by atoms with Crippen LogP contribution in [0.4, 0.5) is 4.39 Å². The molecule has 1 heterocycles. The van der Waals surface area contributed by atoms with Gasteiger partial charge in [0.25, 0.3) is 0 Å². The molecule has 96 valence electrons. The molecular weight excluding hydrogens is 249 g/mol. The van der Waals surface area contributed by atoms with E-state index in [9.17, 15) is 9.50 Å². The van der Waals surface area contributed by atoms with Gasteiger partial charge in [-0.25, -0.2) is 4.39 Å². The van der Waals surface area contributed by atoms with Gasteiger partial charge in [0.15, 0.2) is 0 Å². The van der Waals surface area contributed by atoms with Crippen LogP contribution in [0.15, 0.2) is 41.8 Å². The van der Waals surface area contributed by atoms with E-state index in [1.165, 1.54) is 17.0 Å². The fourth-order valence-electron chi connectivity index (χ4n) is 1.74. The average Bonchev–Trinajstić information content (AvgIpc) is 2.89. The second-order valence-electron chi connectivity index (χ2n) is 4.25. The molecule has 0 aliphatic rings. The Hall–Kier alpha value is -1.23. The van der Waals surface area contributed by atoms with Gasteiger partial charge < -0.3 is 10.4 Å². The van der Waals surface area contributed by atoms with Crippen molar-refractivity contribution in [3.05, 3.63) is 58.0 Å². The molecule has 0 fully saturated rings. The van der Waals surface area contributed by atoms with Crippen LogP contribution >= 0.6 is 11.3 Å². The minimum Gasteiger partial charge on any atom is -0.387 e. The zero-order valence-corrected chi connectivity index (χ0v) is 11.0. The third-order valence-electron chi connectivity index (χ3n) is 2.86. The van der Waals surface area contributed by atoms with Gasteiger partial charge in [-0.15, -0.1) is 11.3 Å². The summed E-state index contributed by atoms with van der Waals surface area (Å²) in [6, 6.07) is 9.93. The molecule has 2 rings (SSSR count). The van der Waals surface area contributed by atoms with E-state index in [0.29, 0.717) is 0 Å². The molecule has 2 nitrogen and oxygen atoms in total. The van der Waals surface area contributed by atoms with Crippen molar-refractivity contribution in [2.75, 3.05) is 0 Å². The van der Waals surface area contributed by atoms with Crippen LogP contribution in [-0.4, -0.2) is 11.1 Å². The summed E-state index contributed by atoms with van der Waals surface area (Å²) in [5.41, 5.74) is 0.725. The van der Waals surface area contributed by atoms with Crippen molar-refractivity contribution in [3.63, 3.8) is 0 Å². The lowest BCUT2D eigenvalue weighted by atomic mass is 10.0. The zero-order chi connectivity index (χ0) is 13.0. The first-order valence-corrected chi connectivity index (χ1v) is 6.74. The van der Waals surface area contributed by atoms with Crippen molar-refractivity contribution >= 4 is 11.3 Å². The second kappa shape index (κ2) is 6.09. The molecule has 0 saturated carbocycles.